The molecule has 1 atom stereocenters. The van der Waals surface area contributed by atoms with Gasteiger partial charge in [0.25, 0.3) is 5.91 Å². The molecule has 3 heterocycles. The number of aromatic nitrogens is 2. The number of likely N-dealkylation sites (tertiary alicyclic amines) is 2. The summed E-state index contributed by atoms with van der Waals surface area (Å²) in [5.74, 6) is -2.31. The molecule has 0 spiro atoms. The van der Waals surface area contributed by atoms with Crippen molar-refractivity contribution in [3.8, 4) is 17.1 Å². The van der Waals surface area contributed by atoms with Crippen LogP contribution < -0.4 is 4.74 Å². The molecule has 0 unspecified atom stereocenters. The van der Waals surface area contributed by atoms with Crippen LogP contribution >= 0.6 is 0 Å². The van der Waals surface area contributed by atoms with E-state index in [1.165, 1.54) is 32.3 Å². The molecule has 0 radical (unpaired) electrons. The van der Waals surface area contributed by atoms with Gasteiger partial charge in [-0.1, -0.05) is 0 Å². The van der Waals surface area contributed by atoms with Crippen LogP contribution in [0.1, 0.15) is 36.0 Å². The molecule has 154 valence electrons. The molecule has 0 N–H and O–H groups in total. The lowest BCUT2D eigenvalue weighted by atomic mass is 10.0. The average molecular weight is 402 g/mol. The third-order valence-corrected chi connectivity index (χ3v) is 5.71. The minimum atomic E-state index is -0.868. The lowest BCUT2D eigenvalue weighted by Gasteiger charge is -2.28. The standard InChI is InChI=1S/C21H24F2N4O2/c1-29-21-24-11-15(12-25-21)14-9-17(22)19(18(23)10-14)20(28)27-8-4-5-16(27)13-26-6-2-3-7-26/h9-12,16H,2-8,13H2,1H3/t16-/m0/s1. The van der Waals surface area contributed by atoms with E-state index in [4.69, 9.17) is 4.74 Å². The van der Waals surface area contributed by atoms with Crippen molar-refractivity contribution in [2.45, 2.75) is 31.7 Å². The van der Waals surface area contributed by atoms with Gasteiger partial charge in [0.1, 0.15) is 17.2 Å². The van der Waals surface area contributed by atoms with Gasteiger partial charge in [-0.15, -0.1) is 0 Å². The second-order valence-electron chi connectivity index (χ2n) is 7.58. The second-order valence-corrected chi connectivity index (χ2v) is 7.58. The van der Waals surface area contributed by atoms with Crippen LogP contribution in [0.15, 0.2) is 24.5 Å². The molecule has 6 nitrogen and oxygen atoms in total. The monoisotopic (exact) mass is 402 g/mol. The fraction of sp³-hybridized carbons (Fsp3) is 0.476. The van der Waals surface area contributed by atoms with Crippen molar-refractivity contribution in [2.75, 3.05) is 33.3 Å². The molecule has 2 fully saturated rings. The van der Waals surface area contributed by atoms with E-state index in [1.54, 1.807) is 4.90 Å². The number of ether oxygens (including phenoxy) is 1. The molecule has 2 aliphatic rings. The normalized spacial score (nSPS) is 19.7. The van der Waals surface area contributed by atoms with Crippen molar-refractivity contribution >= 4 is 5.91 Å². The Morgan fingerprint density at radius 1 is 1.07 bits per heavy atom. The topological polar surface area (TPSA) is 58.6 Å². The Morgan fingerprint density at radius 2 is 1.72 bits per heavy atom. The Morgan fingerprint density at radius 3 is 2.34 bits per heavy atom. The van der Waals surface area contributed by atoms with Crippen LogP contribution in [-0.2, 0) is 0 Å². The summed E-state index contributed by atoms with van der Waals surface area (Å²) in [5.41, 5.74) is 0.224. The van der Waals surface area contributed by atoms with E-state index in [0.29, 0.717) is 12.1 Å². The Bertz CT molecular complexity index is 862. The molecule has 1 aromatic carbocycles. The summed E-state index contributed by atoms with van der Waals surface area (Å²) in [4.78, 5) is 24.9. The number of methoxy groups -OCH3 is 1. The van der Waals surface area contributed by atoms with Gasteiger partial charge in [-0.25, -0.2) is 18.7 Å². The molecule has 1 amide bonds. The van der Waals surface area contributed by atoms with Crippen LogP contribution in [0.5, 0.6) is 6.01 Å². The van der Waals surface area contributed by atoms with Crippen molar-refractivity contribution in [1.29, 1.82) is 0 Å². The van der Waals surface area contributed by atoms with Crippen LogP contribution in [0.2, 0.25) is 0 Å². The zero-order valence-electron chi connectivity index (χ0n) is 16.4. The molecular weight excluding hydrogens is 378 g/mol. The maximum absolute atomic E-state index is 14.8. The fourth-order valence-corrected chi connectivity index (χ4v) is 4.21. The van der Waals surface area contributed by atoms with Crippen LogP contribution in [0.4, 0.5) is 8.78 Å². The van der Waals surface area contributed by atoms with Gasteiger partial charge in [0.15, 0.2) is 0 Å². The lowest BCUT2D eigenvalue weighted by molar-refractivity contribution is 0.0699. The first-order valence-electron chi connectivity index (χ1n) is 9.95. The Labute approximate surface area is 168 Å². The van der Waals surface area contributed by atoms with E-state index in [9.17, 15) is 13.6 Å². The zero-order valence-corrected chi connectivity index (χ0v) is 16.4. The third-order valence-electron chi connectivity index (χ3n) is 5.71. The van der Waals surface area contributed by atoms with Gasteiger partial charge >= 0.3 is 6.01 Å². The molecule has 1 aromatic heterocycles. The Hall–Kier alpha value is -2.61. The summed E-state index contributed by atoms with van der Waals surface area (Å²) in [7, 11) is 1.43. The number of halogens is 2. The summed E-state index contributed by atoms with van der Waals surface area (Å²) >= 11 is 0. The summed E-state index contributed by atoms with van der Waals surface area (Å²) in [5, 5.41) is 0. The Kier molecular flexibility index (Phi) is 5.71. The lowest BCUT2D eigenvalue weighted by Crippen LogP contribution is -2.43. The largest absolute Gasteiger partial charge is 0.467 e. The maximum Gasteiger partial charge on any atom is 0.316 e. The zero-order chi connectivity index (χ0) is 20.4. The van der Waals surface area contributed by atoms with E-state index in [-0.39, 0.29) is 17.6 Å². The molecule has 2 aliphatic heterocycles. The van der Waals surface area contributed by atoms with Crippen LogP contribution in [0.3, 0.4) is 0 Å². The van der Waals surface area contributed by atoms with Crippen molar-refractivity contribution in [1.82, 2.24) is 19.8 Å². The number of hydrogen-bond donors (Lipinski definition) is 0. The molecule has 8 heteroatoms. The molecule has 2 aromatic rings. The maximum atomic E-state index is 14.8. The van der Waals surface area contributed by atoms with Gasteiger partial charge in [0.2, 0.25) is 0 Å². The number of benzene rings is 1. The number of carbonyl (C=O) groups excluding carboxylic acids is 1. The summed E-state index contributed by atoms with van der Waals surface area (Å²) in [6.45, 7) is 3.36. The highest BCUT2D eigenvalue weighted by Crippen LogP contribution is 2.28. The van der Waals surface area contributed by atoms with Crippen LogP contribution in [0, 0.1) is 11.6 Å². The van der Waals surface area contributed by atoms with E-state index >= 15 is 0 Å². The fourth-order valence-electron chi connectivity index (χ4n) is 4.21. The molecule has 0 saturated carbocycles. The predicted molar refractivity (Wildman–Crippen MR) is 104 cm³/mol. The molecule has 29 heavy (non-hydrogen) atoms. The summed E-state index contributed by atoms with van der Waals surface area (Å²) in [6.07, 6.45) is 6.91. The summed E-state index contributed by atoms with van der Waals surface area (Å²) in [6, 6.07) is 2.49. The SMILES string of the molecule is COc1ncc(-c2cc(F)c(C(=O)N3CCC[C@H]3CN3CCCC3)c(F)c2)cn1. The molecule has 2 saturated heterocycles. The third kappa shape index (κ3) is 4.07. The minimum absolute atomic E-state index is 0.00839. The van der Waals surface area contributed by atoms with E-state index in [1.807, 2.05) is 0 Å². The molecule has 0 aliphatic carbocycles. The van der Waals surface area contributed by atoms with Gasteiger partial charge in [-0.05, 0) is 56.5 Å². The van der Waals surface area contributed by atoms with Gasteiger partial charge in [0.05, 0.1) is 7.11 Å². The first-order chi connectivity index (χ1) is 14.1. The molecular formula is C21H24F2N4O2. The van der Waals surface area contributed by atoms with Crippen molar-refractivity contribution < 1.29 is 18.3 Å². The quantitative estimate of drug-likeness (QED) is 0.769. The number of hydrogen-bond acceptors (Lipinski definition) is 5. The van der Waals surface area contributed by atoms with Crippen molar-refractivity contribution in [3.05, 3.63) is 41.7 Å². The number of nitrogens with zero attached hydrogens (tertiary/aromatic N) is 4. The number of amides is 1. The highest BCUT2D eigenvalue weighted by molar-refractivity contribution is 5.95. The minimum Gasteiger partial charge on any atom is -0.467 e. The average Bonchev–Trinajstić information content (AvgIpc) is 3.40. The highest BCUT2D eigenvalue weighted by atomic mass is 19.1. The van der Waals surface area contributed by atoms with E-state index < -0.39 is 23.1 Å². The van der Waals surface area contributed by atoms with Gasteiger partial charge in [-0.3, -0.25) is 4.79 Å². The van der Waals surface area contributed by atoms with Crippen LogP contribution in [-0.4, -0.2) is 65.0 Å². The van der Waals surface area contributed by atoms with Crippen molar-refractivity contribution in [3.63, 3.8) is 0 Å². The second kappa shape index (κ2) is 8.41. The number of rotatable bonds is 5. The molecule has 0 bridgehead atoms. The van der Waals surface area contributed by atoms with E-state index in [2.05, 4.69) is 14.9 Å². The Balaban J connectivity index is 1.56. The first kappa shape index (κ1) is 19.7. The van der Waals surface area contributed by atoms with Gasteiger partial charge < -0.3 is 14.5 Å². The van der Waals surface area contributed by atoms with Gasteiger partial charge in [0, 0.05) is 37.1 Å². The smallest absolute Gasteiger partial charge is 0.316 e. The van der Waals surface area contributed by atoms with Gasteiger partial charge in [-0.2, -0.15) is 0 Å². The summed E-state index contributed by atoms with van der Waals surface area (Å²) < 4.78 is 34.5. The molecule has 4 rings (SSSR count). The highest BCUT2D eigenvalue weighted by Gasteiger charge is 2.34. The predicted octanol–water partition coefficient (Wildman–Crippen LogP) is 3.13. The first-order valence-corrected chi connectivity index (χ1v) is 9.95. The van der Waals surface area contributed by atoms with Crippen molar-refractivity contribution in [2.24, 2.45) is 0 Å². The van der Waals surface area contributed by atoms with E-state index in [0.717, 1.165) is 44.6 Å². The number of carbonyl (C=O) groups is 1. The van der Waals surface area contributed by atoms with Crippen LogP contribution in [0.25, 0.3) is 11.1 Å².